The van der Waals surface area contributed by atoms with Crippen LogP contribution in [0.1, 0.15) is 21.6 Å². The number of nitriles is 1. The van der Waals surface area contributed by atoms with Crippen molar-refractivity contribution in [2.45, 2.75) is 6.18 Å². The summed E-state index contributed by atoms with van der Waals surface area (Å²) in [6.45, 7) is 0. The number of alkyl halides is 3. The van der Waals surface area contributed by atoms with Crippen molar-refractivity contribution in [3.05, 3.63) is 65.4 Å². The van der Waals surface area contributed by atoms with E-state index in [0.29, 0.717) is 11.1 Å². The minimum absolute atomic E-state index is 0.0445. The van der Waals surface area contributed by atoms with Crippen molar-refractivity contribution in [3.8, 4) is 28.8 Å². The highest BCUT2D eigenvalue weighted by atomic mass is 19.4. The zero-order chi connectivity index (χ0) is 18.9. The maximum absolute atomic E-state index is 12.6. The molecule has 0 atom stereocenters. The molecule has 0 unspecified atom stereocenters. The van der Waals surface area contributed by atoms with Crippen LogP contribution in [0.2, 0.25) is 0 Å². The SMILES string of the molecule is N#Cc1ccc(-c2oc(-c3ccc(C(F)(F)F)cc3)nc2C(=O)O)cc1. The summed E-state index contributed by atoms with van der Waals surface area (Å²) in [5.74, 6) is -1.50. The molecule has 2 aromatic carbocycles. The topological polar surface area (TPSA) is 87.1 Å². The third-order valence-corrected chi connectivity index (χ3v) is 3.57. The Morgan fingerprint density at radius 2 is 1.62 bits per heavy atom. The fraction of sp³-hybridized carbons (Fsp3) is 0.0556. The maximum Gasteiger partial charge on any atom is 0.416 e. The summed E-state index contributed by atoms with van der Waals surface area (Å²) in [6.07, 6.45) is -4.48. The first-order valence-corrected chi connectivity index (χ1v) is 7.22. The van der Waals surface area contributed by atoms with E-state index in [1.54, 1.807) is 0 Å². The number of oxazole rings is 1. The Bertz CT molecular complexity index is 998. The molecule has 1 heterocycles. The van der Waals surface area contributed by atoms with Gasteiger partial charge < -0.3 is 9.52 Å². The second-order valence-corrected chi connectivity index (χ2v) is 5.27. The van der Waals surface area contributed by atoms with Crippen molar-refractivity contribution in [1.82, 2.24) is 4.98 Å². The first kappa shape index (κ1) is 17.2. The van der Waals surface area contributed by atoms with Gasteiger partial charge in [0.1, 0.15) is 0 Å². The van der Waals surface area contributed by atoms with Crippen LogP contribution in [0, 0.1) is 11.3 Å². The van der Waals surface area contributed by atoms with Gasteiger partial charge in [-0.25, -0.2) is 9.78 Å². The van der Waals surface area contributed by atoms with Crippen LogP contribution in [0.5, 0.6) is 0 Å². The van der Waals surface area contributed by atoms with Gasteiger partial charge in [-0.2, -0.15) is 18.4 Å². The monoisotopic (exact) mass is 358 g/mol. The fourth-order valence-corrected chi connectivity index (χ4v) is 2.28. The van der Waals surface area contributed by atoms with Gasteiger partial charge in [-0.3, -0.25) is 0 Å². The molecule has 0 amide bonds. The number of hydrogen-bond acceptors (Lipinski definition) is 4. The predicted octanol–water partition coefficient (Wildman–Crippen LogP) is 4.60. The second-order valence-electron chi connectivity index (χ2n) is 5.27. The molecule has 0 bridgehead atoms. The molecular weight excluding hydrogens is 349 g/mol. The second kappa shape index (κ2) is 6.37. The lowest BCUT2D eigenvalue weighted by Gasteiger charge is -2.06. The molecule has 1 aromatic heterocycles. The zero-order valence-corrected chi connectivity index (χ0v) is 12.9. The van der Waals surface area contributed by atoms with Gasteiger partial charge in [-0.05, 0) is 48.5 Å². The van der Waals surface area contributed by atoms with E-state index in [-0.39, 0.29) is 22.9 Å². The Morgan fingerprint density at radius 3 is 2.12 bits per heavy atom. The highest BCUT2D eigenvalue weighted by Gasteiger charge is 2.30. The lowest BCUT2D eigenvalue weighted by atomic mass is 10.1. The molecule has 3 rings (SSSR count). The van der Waals surface area contributed by atoms with Crippen molar-refractivity contribution in [2.24, 2.45) is 0 Å². The first-order chi connectivity index (χ1) is 12.3. The lowest BCUT2D eigenvalue weighted by molar-refractivity contribution is -0.137. The van der Waals surface area contributed by atoms with Crippen molar-refractivity contribution in [1.29, 1.82) is 5.26 Å². The van der Waals surface area contributed by atoms with Crippen LogP contribution in [0.3, 0.4) is 0 Å². The third kappa shape index (κ3) is 3.28. The van der Waals surface area contributed by atoms with E-state index in [1.807, 2.05) is 6.07 Å². The Hall–Kier alpha value is -3.60. The molecule has 1 N–H and O–H groups in total. The number of carboxylic acids is 1. The van der Waals surface area contributed by atoms with E-state index in [9.17, 15) is 23.1 Å². The molecule has 26 heavy (non-hydrogen) atoms. The van der Waals surface area contributed by atoms with Crippen LogP contribution in [-0.2, 0) is 6.18 Å². The summed E-state index contributed by atoms with van der Waals surface area (Å²) in [5, 5.41) is 18.1. The van der Waals surface area contributed by atoms with Gasteiger partial charge >= 0.3 is 12.1 Å². The van der Waals surface area contributed by atoms with Crippen LogP contribution in [0.15, 0.2) is 52.9 Å². The molecule has 0 aliphatic carbocycles. The molecule has 0 aliphatic heterocycles. The molecule has 0 fully saturated rings. The Morgan fingerprint density at radius 1 is 1.04 bits per heavy atom. The van der Waals surface area contributed by atoms with Gasteiger partial charge in [-0.1, -0.05) is 0 Å². The van der Waals surface area contributed by atoms with Gasteiger partial charge in [0.15, 0.2) is 11.5 Å². The van der Waals surface area contributed by atoms with Gasteiger partial charge in [-0.15, -0.1) is 0 Å². The van der Waals surface area contributed by atoms with Crippen LogP contribution in [0.4, 0.5) is 13.2 Å². The quantitative estimate of drug-likeness (QED) is 0.739. The number of hydrogen-bond donors (Lipinski definition) is 1. The molecule has 0 aliphatic rings. The van der Waals surface area contributed by atoms with Gasteiger partial charge in [0, 0.05) is 11.1 Å². The number of aromatic nitrogens is 1. The van der Waals surface area contributed by atoms with Gasteiger partial charge in [0.25, 0.3) is 0 Å². The summed E-state index contributed by atoms with van der Waals surface area (Å²) in [7, 11) is 0. The van der Waals surface area contributed by atoms with Crippen LogP contribution in [-0.4, -0.2) is 16.1 Å². The number of rotatable bonds is 3. The van der Waals surface area contributed by atoms with E-state index < -0.39 is 17.7 Å². The molecule has 130 valence electrons. The highest BCUT2D eigenvalue weighted by Crippen LogP contribution is 2.33. The molecule has 3 aromatic rings. The minimum Gasteiger partial charge on any atom is -0.476 e. The summed E-state index contributed by atoms with van der Waals surface area (Å²) in [6, 6.07) is 12.0. The zero-order valence-electron chi connectivity index (χ0n) is 12.9. The molecule has 8 heteroatoms. The number of benzene rings is 2. The van der Waals surface area contributed by atoms with Gasteiger partial charge in [0.05, 0.1) is 17.2 Å². The van der Waals surface area contributed by atoms with Crippen LogP contribution < -0.4 is 0 Å². The number of carbonyl (C=O) groups is 1. The smallest absolute Gasteiger partial charge is 0.416 e. The molecule has 0 saturated heterocycles. The highest BCUT2D eigenvalue weighted by molar-refractivity contribution is 5.93. The van der Waals surface area contributed by atoms with E-state index in [4.69, 9.17) is 9.68 Å². The maximum atomic E-state index is 12.6. The number of nitrogens with zero attached hydrogens (tertiary/aromatic N) is 2. The summed E-state index contributed by atoms with van der Waals surface area (Å²) in [4.78, 5) is 15.3. The van der Waals surface area contributed by atoms with Gasteiger partial charge in [0.2, 0.25) is 5.89 Å². The number of halogens is 3. The summed E-state index contributed by atoms with van der Waals surface area (Å²) < 4.78 is 43.4. The Balaban J connectivity index is 2.04. The van der Waals surface area contributed by atoms with E-state index in [2.05, 4.69) is 4.98 Å². The molecule has 0 spiro atoms. The largest absolute Gasteiger partial charge is 0.476 e. The van der Waals surface area contributed by atoms with Crippen molar-refractivity contribution >= 4 is 5.97 Å². The molecule has 0 saturated carbocycles. The average molecular weight is 358 g/mol. The number of carboxylic acid groups (broad SMARTS) is 1. The van der Waals surface area contributed by atoms with E-state index >= 15 is 0 Å². The molecule has 5 nitrogen and oxygen atoms in total. The normalized spacial score (nSPS) is 11.2. The van der Waals surface area contributed by atoms with Crippen molar-refractivity contribution < 1.29 is 27.5 Å². The summed E-state index contributed by atoms with van der Waals surface area (Å²) in [5.41, 5.74) is -0.233. The van der Waals surface area contributed by atoms with E-state index in [1.165, 1.54) is 24.3 Å². The Kier molecular flexibility index (Phi) is 4.22. The number of aromatic carboxylic acids is 1. The third-order valence-electron chi connectivity index (χ3n) is 3.57. The van der Waals surface area contributed by atoms with Crippen molar-refractivity contribution in [2.75, 3.05) is 0 Å². The molecular formula is C18H9F3N2O3. The first-order valence-electron chi connectivity index (χ1n) is 7.22. The van der Waals surface area contributed by atoms with Crippen molar-refractivity contribution in [3.63, 3.8) is 0 Å². The van der Waals surface area contributed by atoms with Crippen LogP contribution >= 0.6 is 0 Å². The van der Waals surface area contributed by atoms with Crippen LogP contribution in [0.25, 0.3) is 22.8 Å². The predicted molar refractivity (Wildman–Crippen MR) is 84.1 cm³/mol. The Labute approximate surface area is 144 Å². The average Bonchev–Trinajstić information content (AvgIpc) is 3.07. The lowest BCUT2D eigenvalue weighted by Crippen LogP contribution is -2.04. The fourth-order valence-electron chi connectivity index (χ4n) is 2.28. The standard InChI is InChI=1S/C18H9F3N2O3/c19-18(20,21)13-7-5-12(6-8-13)16-23-14(17(24)25)15(26-16)11-3-1-10(9-22)2-4-11/h1-8H,(H,24,25). The molecule has 0 radical (unpaired) electrons. The minimum atomic E-state index is -4.48. The van der Waals surface area contributed by atoms with E-state index in [0.717, 1.165) is 24.3 Å². The summed E-state index contributed by atoms with van der Waals surface area (Å²) >= 11 is 0.